The summed E-state index contributed by atoms with van der Waals surface area (Å²) in [5.41, 5.74) is 0. The topological polar surface area (TPSA) is 105 Å². The van der Waals surface area contributed by atoms with Crippen molar-refractivity contribution in [3.8, 4) is 0 Å². The van der Waals surface area contributed by atoms with E-state index in [4.69, 9.17) is 18.9 Å². The predicted octanol–water partition coefficient (Wildman–Crippen LogP) is 44.4. The van der Waals surface area contributed by atoms with E-state index in [0.29, 0.717) is 52.1 Å². The average molecular weight is 1870 g/mol. The maximum atomic E-state index is 11.9. The Morgan fingerprint density at radius 2 is 0.167 bits per heavy atom. The Morgan fingerprint density at radius 3 is 0.250 bits per heavy atom. The normalized spacial score (nSPS) is 11.2. The molecule has 792 valence electrons. The van der Waals surface area contributed by atoms with Gasteiger partial charge in [-0.1, -0.05) is 672 Å². The Kier molecular flexibility index (Phi) is 137. The predicted molar refractivity (Wildman–Crippen MR) is 588 cm³/mol. The van der Waals surface area contributed by atoms with Crippen molar-refractivity contribution >= 4 is 23.9 Å². The Hall–Kier alpha value is -2.12. The highest BCUT2D eigenvalue weighted by Gasteiger charge is 2.10. The minimum Gasteiger partial charge on any atom is -0.466 e. The molecule has 0 aromatic heterocycles. The van der Waals surface area contributed by atoms with E-state index in [2.05, 4.69) is 55.4 Å². The minimum atomic E-state index is 0.0237. The number of esters is 4. The number of unbranched alkanes of at least 4 members (excludes halogenated alkanes) is 96. The number of carbonyl (C=O) groups is 4. The van der Waals surface area contributed by atoms with Crippen LogP contribution in [0.3, 0.4) is 0 Å². The van der Waals surface area contributed by atoms with Crippen LogP contribution in [0.4, 0.5) is 0 Å². The van der Waals surface area contributed by atoms with Crippen molar-refractivity contribution in [2.45, 2.75) is 749 Å². The van der Waals surface area contributed by atoms with Gasteiger partial charge in [-0.2, -0.15) is 0 Å². The molecule has 0 fully saturated rings. The maximum absolute atomic E-state index is 11.9. The molecule has 0 bridgehead atoms. The highest BCUT2D eigenvalue weighted by molar-refractivity contribution is 5.70. The van der Waals surface area contributed by atoms with Crippen molar-refractivity contribution in [2.24, 2.45) is 0 Å². The van der Waals surface area contributed by atoms with E-state index in [1.807, 2.05) is 0 Å². The van der Waals surface area contributed by atoms with Gasteiger partial charge in [-0.25, -0.2) is 0 Å². The third-order valence-corrected chi connectivity index (χ3v) is 28.0. The number of rotatable bonds is 112. The van der Waals surface area contributed by atoms with Gasteiger partial charge in [-0.05, 0) is 51.4 Å². The van der Waals surface area contributed by atoms with Gasteiger partial charge in [0.2, 0.25) is 0 Å². The summed E-state index contributed by atoms with van der Waals surface area (Å²) in [4.78, 5) is 47.3. The summed E-state index contributed by atoms with van der Waals surface area (Å²) in [5, 5.41) is 0. The monoisotopic (exact) mass is 1870 g/mol. The van der Waals surface area contributed by atoms with Gasteiger partial charge >= 0.3 is 23.9 Å². The standard InChI is InChI=1S/2C32H64O2.2C30H60O2/c1-3-5-7-9-11-13-15-16-17-18-19-21-23-25-27-29-31-34-32(33)30-28-26-24-22-20-14-12-10-8-6-4-2;1-3-5-7-9-11-13-15-17-19-21-23-25-27-29-31-34-32(33)30-28-26-24-22-20-18-16-14-12-10-8-6-4-2;1-3-5-7-9-11-13-15-16-17-19-21-23-25-27-29-32-30(31)28-26-24-22-20-18-14-12-10-8-6-4-2;1-3-5-7-9-11-13-15-17-18-20-22-24-26-28-30(31)32-29-27-25-23-21-19-16-14-12-10-8-6-4-2/h2*3-31H2,1-2H3;2*3-29H2,1-2H3. The smallest absolute Gasteiger partial charge is 0.305 e. The summed E-state index contributed by atoms with van der Waals surface area (Å²) in [5.74, 6) is 0.0985. The molecule has 8 heteroatoms. The number of ether oxygens (including phenoxy) is 4. The molecule has 0 amide bonds. The Labute approximate surface area is 832 Å². The van der Waals surface area contributed by atoms with Crippen molar-refractivity contribution in [1.82, 2.24) is 0 Å². The SMILES string of the molecule is CCCCCCCCCCCCCCCC(=O)OCCCCCCCCCCCCCC.CCCCCCCCCCCCCCCCCCOC(=O)CCCCCCCCCCCCC.CCCCCCCCCCCCCCCCOC(=O)CCCCCCCCCCCCC.CCCCCCCCCCCCCCCCOC(=O)CCCCCCCCCCCCCCC. The Morgan fingerprint density at radius 1 is 0.0985 bits per heavy atom. The van der Waals surface area contributed by atoms with Crippen LogP contribution in [-0.2, 0) is 38.1 Å². The first-order valence-electron chi connectivity index (χ1n) is 61.9. The lowest BCUT2D eigenvalue weighted by Crippen LogP contribution is -2.05. The summed E-state index contributed by atoms with van der Waals surface area (Å²) in [7, 11) is 0. The van der Waals surface area contributed by atoms with Crippen LogP contribution >= 0.6 is 0 Å². The van der Waals surface area contributed by atoms with Gasteiger partial charge in [0.25, 0.3) is 0 Å². The van der Waals surface area contributed by atoms with Crippen LogP contribution in [0.2, 0.25) is 0 Å². The average Bonchev–Trinajstić information content (AvgIpc) is 1.05. The molecular formula is C124H248O8. The lowest BCUT2D eigenvalue weighted by Gasteiger charge is -2.06. The van der Waals surface area contributed by atoms with Gasteiger partial charge in [0.05, 0.1) is 26.4 Å². The van der Waals surface area contributed by atoms with Gasteiger partial charge in [-0.15, -0.1) is 0 Å². The largest absolute Gasteiger partial charge is 0.466 e. The lowest BCUT2D eigenvalue weighted by atomic mass is 10.0. The fraction of sp³-hybridized carbons (Fsp3) is 0.968. The second-order valence-electron chi connectivity index (χ2n) is 41.8. The molecular weight excluding hydrogens is 1620 g/mol. The molecule has 0 atom stereocenters. The molecule has 0 aliphatic carbocycles. The molecule has 0 spiro atoms. The molecule has 0 aromatic carbocycles. The third-order valence-electron chi connectivity index (χ3n) is 28.0. The summed E-state index contributed by atoms with van der Waals surface area (Å²) >= 11 is 0. The first kappa shape index (κ1) is 136. The molecule has 8 nitrogen and oxygen atoms in total. The second kappa shape index (κ2) is 133. The summed E-state index contributed by atoms with van der Waals surface area (Å²) in [6.45, 7) is 20.8. The van der Waals surface area contributed by atoms with Crippen molar-refractivity contribution in [1.29, 1.82) is 0 Å². The fourth-order valence-corrected chi connectivity index (χ4v) is 18.7. The van der Waals surface area contributed by atoms with E-state index in [1.54, 1.807) is 0 Å². The molecule has 0 aliphatic rings. The van der Waals surface area contributed by atoms with E-state index >= 15 is 0 Å². The number of hydrogen-bond acceptors (Lipinski definition) is 8. The highest BCUT2D eigenvalue weighted by Crippen LogP contribution is 2.23. The molecule has 0 aliphatic heterocycles. The molecule has 0 rings (SSSR count). The molecule has 0 heterocycles. The Balaban J connectivity index is -0.000000828. The molecule has 132 heavy (non-hydrogen) atoms. The second-order valence-corrected chi connectivity index (χ2v) is 41.8. The third kappa shape index (κ3) is 139. The zero-order valence-electron chi connectivity index (χ0n) is 92.5. The zero-order chi connectivity index (χ0) is 96.3. The van der Waals surface area contributed by atoms with E-state index in [0.717, 1.165) is 51.4 Å². The van der Waals surface area contributed by atoms with E-state index < -0.39 is 0 Å². The van der Waals surface area contributed by atoms with Crippen LogP contribution in [0.5, 0.6) is 0 Å². The molecule has 0 radical (unpaired) electrons. The van der Waals surface area contributed by atoms with Crippen LogP contribution < -0.4 is 0 Å². The summed E-state index contributed by atoms with van der Waals surface area (Å²) < 4.78 is 21.6. The van der Waals surface area contributed by atoms with Gasteiger partial charge in [0.1, 0.15) is 0 Å². The minimum absolute atomic E-state index is 0.0237. The van der Waals surface area contributed by atoms with Gasteiger partial charge in [0.15, 0.2) is 0 Å². The van der Waals surface area contributed by atoms with Crippen molar-refractivity contribution in [3.05, 3.63) is 0 Å². The molecule has 0 aromatic rings. The fourth-order valence-electron chi connectivity index (χ4n) is 18.7. The zero-order valence-corrected chi connectivity index (χ0v) is 92.5. The van der Waals surface area contributed by atoms with Crippen molar-refractivity contribution in [3.63, 3.8) is 0 Å². The van der Waals surface area contributed by atoms with Crippen LogP contribution in [0.1, 0.15) is 749 Å². The first-order chi connectivity index (χ1) is 65.2. The molecule has 0 saturated heterocycles. The maximum Gasteiger partial charge on any atom is 0.305 e. The highest BCUT2D eigenvalue weighted by atomic mass is 16.5. The lowest BCUT2D eigenvalue weighted by molar-refractivity contribution is -0.144. The van der Waals surface area contributed by atoms with Crippen LogP contribution in [0.25, 0.3) is 0 Å². The van der Waals surface area contributed by atoms with Gasteiger partial charge in [-0.3, -0.25) is 19.2 Å². The summed E-state index contributed by atoms with van der Waals surface area (Å²) in [6.07, 6.45) is 143. The Bertz CT molecular complexity index is 1990. The molecule has 0 saturated carbocycles. The van der Waals surface area contributed by atoms with E-state index in [9.17, 15) is 19.2 Å². The van der Waals surface area contributed by atoms with Gasteiger partial charge in [0, 0.05) is 25.7 Å². The quantitative estimate of drug-likeness (QED) is 0.0337. The molecule has 0 unspecified atom stereocenters. The molecule has 0 N–H and O–H groups in total. The first-order valence-corrected chi connectivity index (χ1v) is 61.9. The van der Waals surface area contributed by atoms with E-state index in [-0.39, 0.29) is 23.9 Å². The van der Waals surface area contributed by atoms with Crippen LogP contribution in [0.15, 0.2) is 0 Å². The number of carbonyl (C=O) groups excluding carboxylic acids is 4. The summed E-state index contributed by atoms with van der Waals surface area (Å²) in [6, 6.07) is 0. The van der Waals surface area contributed by atoms with E-state index in [1.165, 1.54) is 616 Å². The van der Waals surface area contributed by atoms with Gasteiger partial charge < -0.3 is 18.9 Å². The van der Waals surface area contributed by atoms with Crippen molar-refractivity contribution in [2.75, 3.05) is 26.4 Å². The number of hydrogen-bond donors (Lipinski definition) is 0. The van der Waals surface area contributed by atoms with Crippen LogP contribution in [0, 0.1) is 0 Å². The van der Waals surface area contributed by atoms with Crippen molar-refractivity contribution < 1.29 is 38.1 Å². The van der Waals surface area contributed by atoms with Crippen LogP contribution in [-0.4, -0.2) is 50.3 Å².